The number of aromatic nitrogens is 1. The Hall–Kier alpha value is -2.69. The number of carbonyl (C=O) groups excluding carboxylic acids is 1. The van der Waals surface area contributed by atoms with Crippen LogP contribution < -0.4 is 27.8 Å². The van der Waals surface area contributed by atoms with E-state index >= 15 is 0 Å². The Morgan fingerprint density at radius 3 is 2.39 bits per heavy atom. The van der Waals surface area contributed by atoms with Gasteiger partial charge in [-0.2, -0.15) is 0 Å². The van der Waals surface area contributed by atoms with Crippen molar-refractivity contribution in [2.45, 2.75) is 31.7 Å². The van der Waals surface area contributed by atoms with Gasteiger partial charge in [0.2, 0.25) is 0 Å². The molecule has 9 nitrogen and oxygen atoms in total. The van der Waals surface area contributed by atoms with E-state index in [4.69, 9.17) is 29.0 Å². The molecule has 2 heterocycles. The topological polar surface area (TPSA) is 148 Å². The van der Waals surface area contributed by atoms with Gasteiger partial charge >= 0.3 is 5.79 Å². The van der Waals surface area contributed by atoms with Crippen molar-refractivity contribution in [1.82, 2.24) is 14.7 Å². The van der Waals surface area contributed by atoms with Gasteiger partial charge in [0.25, 0.3) is 5.91 Å². The minimum absolute atomic E-state index is 0. The monoisotopic (exact) mass is 494 g/mol. The Bertz CT molecular complexity index is 896. The Morgan fingerprint density at radius 1 is 1.18 bits per heavy atom. The summed E-state index contributed by atoms with van der Waals surface area (Å²) in [5.41, 5.74) is 17.8. The van der Waals surface area contributed by atoms with Crippen molar-refractivity contribution in [3.8, 4) is 0 Å². The standard InChI is InChI=1S/C19H21ClN6O.C3H10N2.ClH/c20-26-17(15-7-12-22-13-8-15)9-14-24-19(26,18(27)23-11-4-10-21)25-16-5-2-1-3-6-16;1-2-3(4)5;/h1-3,5-9,12-14,25H,4,10-11,21H2,(H,23,27);3H,2,4-5H2,1H3;1H. The molecule has 0 fully saturated rings. The van der Waals surface area contributed by atoms with Crippen LogP contribution in [0.3, 0.4) is 0 Å². The van der Waals surface area contributed by atoms with Crippen molar-refractivity contribution >= 4 is 47.7 Å². The second-order valence-corrected chi connectivity index (χ2v) is 7.32. The zero-order valence-corrected chi connectivity index (χ0v) is 20.1. The average Bonchev–Trinajstić information content (AvgIpc) is 2.82. The molecule has 1 aliphatic rings. The molecule has 1 aromatic heterocycles. The number of aliphatic imine (C=N–C) groups is 1. The van der Waals surface area contributed by atoms with Gasteiger partial charge in [-0.05, 0) is 49.7 Å². The van der Waals surface area contributed by atoms with Crippen LogP contribution in [0.2, 0.25) is 0 Å². The third kappa shape index (κ3) is 7.99. The molecule has 1 aliphatic heterocycles. The number of para-hydroxylation sites is 1. The van der Waals surface area contributed by atoms with Crippen LogP contribution in [0.1, 0.15) is 25.3 Å². The number of amides is 1. The van der Waals surface area contributed by atoms with Crippen LogP contribution in [0.4, 0.5) is 5.69 Å². The molecule has 0 radical (unpaired) electrons. The quantitative estimate of drug-likeness (QED) is 0.214. The molecule has 0 saturated heterocycles. The maximum atomic E-state index is 13.1. The fourth-order valence-corrected chi connectivity index (χ4v) is 2.99. The lowest BCUT2D eigenvalue weighted by molar-refractivity contribution is -0.127. The number of benzene rings is 1. The highest BCUT2D eigenvalue weighted by atomic mass is 35.5. The number of nitrogens with zero attached hydrogens (tertiary/aromatic N) is 3. The highest BCUT2D eigenvalue weighted by Crippen LogP contribution is 2.34. The highest BCUT2D eigenvalue weighted by molar-refractivity contribution is 6.21. The Balaban J connectivity index is 0.000000821. The van der Waals surface area contributed by atoms with Gasteiger partial charge in [-0.25, -0.2) is 9.41 Å². The Morgan fingerprint density at radius 2 is 1.82 bits per heavy atom. The summed E-state index contributed by atoms with van der Waals surface area (Å²) in [6, 6.07) is 13.0. The molecule has 0 saturated carbocycles. The summed E-state index contributed by atoms with van der Waals surface area (Å²) < 4.78 is 1.31. The number of allylic oxidation sites excluding steroid dienone is 1. The van der Waals surface area contributed by atoms with E-state index in [1.807, 2.05) is 49.4 Å². The van der Waals surface area contributed by atoms with Crippen LogP contribution in [-0.4, -0.2) is 46.6 Å². The van der Waals surface area contributed by atoms with Crippen LogP contribution in [0, 0.1) is 0 Å². The van der Waals surface area contributed by atoms with Crippen molar-refractivity contribution in [2.75, 3.05) is 18.4 Å². The normalized spacial score (nSPS) is 16.8. The lowest BCUT2D eigenvalue weighted by Gasteiger charge is -2.39. The van der Waals surface area contributed by atoms with Crippen LogP contribution in [0.25, 0.3) is 5.70 Å². The van der Waals surface area contributed by atoms with Gasteiger partial charge < -0.3 is 27.8 Å². The maximum Gasteiger partial charge on any atom is 0.303 e. The second kappa shape index (κ2) is 14.5. The van der Waals surface area contributed by atoms with Crippen LogP contribution in [-0.2, 0) is 4.79 Å². The summed E-state index contributed by atoms with van der Waals surface area (Å²) in [4.78, 5) is 21.5. The number of anilines is 1. The summed E-state index contributed by atoms with van der Waals surface area (Å²) in [5.74, 6) is -1.91. The van der Waals surface area contributed by atoms with Gasteiger partial charge in [0.05, 0.1) is 11.9 Å². The van der Waals surface area contributed by atoms with E-state index < -0.39 is 5.79 Å². The molecule has 2 aromatic rings. The summed E-state index contributed by atoms with van der Waals surface area (Å²) in [6.07, 6.45) is 8.07. The smallest absolute Gasteiger partial charge is 0.303 e. The molecule has 180 valence electrons. The largest absolute Gasteiger partial charge is 0.350 e. The van der Waals surface area contributed by atoms with E-state index in [0.717, 1.165) is 12.0 Å². The number of nitrogens with one attached hydrogen (secondary N) is 2. The summed E-state index contributed by atoms with van der Waals surface area (Å²) in [7, 11) is 0. The third-order valence-corrected chi connectivity index (χ3v) is 4.94. The molecule has 8 N–H and O–H groups in total. The first-order valence-corrected chi connectivity index (χ1v) is 10.7. The predicted molar refractivity (Wildman–Crippen MR) is 138 cm³/mol. The number of nitrogens with two attached hydrogens (primary N) is 3. The molecular formula is C22H32Cl2N8O. The fraction of sp³-hybridized carbons (Fsp3) is 0.318. The van der Waals surface area contributed by atoms with Crippen LogP contribution >= 0.6 is 24.2 Å². The number of hydrogen-bond donors (Lipinski definition) is 5. The molecular weight excluding hydrogens is 463 g/mol. The number of halogens is 2. The van der Waals surface area contributed by atoms with Gasteiger partial charge in [-0.3, -0.25) is 9.78 Å². The van der Waals surface area contributed by atoms with Gasteiger partial charge in [0.1, 0.15) is 0 Å². The molecule has 0 aliphatic carbocycles. The molecule has 33 heavy (non-hydrogen) atoms. The highest BCUT2D eigenvalue weighted by Gasteiger charge is 2.46. The van der Waals surface area contributed by atoms with E-state index in [2.05, 4.69) is 20.6 Å². The average molecular weight is 495 g/mol. The molecule has 1 atom stereocenters. The fourth-order valence-electron chi connectivity index (χ4n) is 2.67. The van der Waals surface area contributed by atoms with Gasteiger partial charge in [-0.15, -0.1) is 12.4 Å². The van der Waals surface area contributed by atoms with E-state index in [9.17, 15) is 4.79 Å². The molecule has 0 bridgehead atoms. The second-order valence-electron chi connectivity index (χ2n) is 6.98. The zero-order valence-electron chi connectivity index (χ0n) is 18.5. The molecule has 1 amide bonds. The lowest BCUT2D eigenvalue weighted by Crippen LogP contribution is -2.60. The Kier molecular flexibility index (Phi) is 12.4. The number of hydrogen-bond acceptors (Lipinski definition) is 8. The third-order valence-electron chi connectivity index (χ3n) is 4.51. The maximum absolute atomic E-state index is 13.1. The van der Waals surface area contributed by atoms with E-state index in [-0.39, 0.29) is 24.5 Å². The van der Waals surface area contributed by atoms with Crippen LogP contribution in [0.15, 0.2) is 65.9 Å². The number of pyridine rings is 1. The SMILES string of the molecule is CCC(N)N.Cl.NCCCNC(=O)C1(Nc2ccccc2)N=CC=C(c2ccncc2)N1Cl. The van der Waals surface area contributed by atoms with Crippen molar-refractivity contribution < 1.29 is 4.79 Å². The number of rotatable bonds is 8. The number of carbonyl (C=O) groups is 1. The van der Waals surface area contributed by atoms with Crippen LogP contribution in [0.5, 0.6) is 0 Å². The van der Waals surface area contributed by atoms with Crippen molar-refractivity contribution in [2.24, 2.45) is 22.2 Å². The zero-order chi connectivity index (χ0) is 23.4. The summed E-state index contributed by atoms with van der Waals surface area (Å²) in [5, 5.41) is 6.02. The van der Waals surface area contributed by atoms with E-state index in [0.29, 0.717) is 30.9 Å². The molecule has 3 rings (SSSR count). The molecule has 1 unspecified atom stereocenters. The van der Waals surface area contributed by atoms with Gasteiger partial charge in [-0.1, -0.05) is 25.1 Å². The molecule has 11 heteroatoms. The summed E-state index contributed by atoms with van der Waals surface area (Å²) in [6.45, 7) is 2.86. The van der Waals surface area contributed by atoms with Crippen molar-refractivity contribution in [3.05, 3.63) is 66.5 Å². The van der Waals surface area contributed by atoms with Crippen molar-refractivity contribution in [1.29, 1.82) is 0 Å². The van der Waals surface area contributed by atoms with Crippen molar-refractivity contribution in [3.63, 3.8) is 0 Å². The molecule has 1 aromatic carbocycles. The Labute approximate surface area is 206 Å². The minimum Gasteiger partial charge on any atom is -0.350 e. The van der Waals surface area contributed by atoms with E-state index in [1.54, 1.807) is 24.7 Å². The van der Waals surface area contributed by atoms with Gasteiger partial charge in [0.15, 0.2) is 0 Å². The predicted octanol–water partition coefficient (Wildman–Crippen LogP) is 2.26. The first-order chi connectivity index (χ1) is 15.4. The summed E-state index contributed by atoms with van der Waals surface area (Å²) >= 11 is 6.68. The van der Waals surface area contributed by atoms with E-state index in [1.165, 1.54) is 4.42 Å². The van der Waals surface area contributed by atoms with Gasteiger partial charge in [0, 0.05) is 48.2 Å². The lowest BCUT2D eigenvalue weighted by atomic mass is 10.1. The minimum atomic E-state index is -1.54. The molecule has 0 spiro atoms. The first-order valence-electron chi connectivity index (χ1n) is 10.4. The first kappa shape index (κ1) is 28.3.